The number of thioether (sulfide) groups is 1. The highest BCUT2D eigenvalue weighted by Gasteiger charge is 2.38. The molecule has 1 aromatic carbocycles. The Kier molecular flexibility index (Phi) is 3.44. The largest absolute Gasteiger partial charge is 0.495 e. The van der Waals surface area contributed by atoms with Crippen molar-refractivity contribution in [3.05, 3.63) is 23.8 Å². The van der Waals surface area contributed by atoms with Gasteiger partial charge in [-0.05, 0) is 37.5 Å². The Morgan fingerprint density at radius 2 is 2.11 bits per heavy atom. The Hall–Kier alpha value is -1.16. The van der Waals surface area contributed by atoms with Crippen LogP contribution in [0, 0.1) is 6.92 Å². The first kappa shape index (κ1) is 12.9. The Balaban J connectivity index is 1.80. The molecule has 1 N–H and O–H groups in total. The van der Waals surface area contributed by atoms with Gasteiger partial charge in [0.15, 0.2) is 5.17 Å². The van der Waals surface area contributed by atoms with Gasteiger partial charge in [-0.2, -0.15) is 0 Å². The molecule has 0 radical (unpaired) electrons. The normalized spacial score (nSPS) is 20.6. The van der Waals surface area contributed by atoms with E-state index in [9.17, 15) is 0 Å². The summed E-state index contributed by atoms with van der Waals surface area (Å²) < 4.78 is 5.40. The first-order chi connectivity index (χ1) is 9.21. The van der Waals surface area contributed by atoms with Crippen molar-refractivity contribution in [2.45, 2.75) is 38.1 Å². The molecule has 1 saturated carbocycles. The second-order valence-electron chi connectivity index (χ2n) is 5.47. The van der Waals surface area contributed by atoms with Crippen LogP contribution >= 0.6 is 11.8 Å². The summed E-state index contributed by atoms with van der Waals surface area (Å²) in [6, 6.07) is 6.18. The molecule has 0 atom stereocenters. The van der Waals surface area contributed by atoms with E-state index in [-0.39, 0.29) is 5.54 Å². The number of nitrogens with zero attached hydrogens (tertiary/aromatic N) is 1. The molecule has 0 bridgehead atoms. The van der Waals surface area contributed by atoms with Crippen LogP contribution in [-0.2, 0) is 0 Å². The van der Waals surface area contributed by atoms with Crippen molar-refractivity contribution in [1.29, 1.82) is 0 Å². The summed E-state index contributed by atoms with van der Waals surface area (Å²) in [5, 5.41) is 4.49. The number of nitrogens with one attached hydrogen (secondary N) is 1. The van der Waals surface area contributed by atoms with Crippen LogP contribution in [-0.4, -0.2) is 23.6 Å². The van der Waals surface area contributed by atoms with Crippen LogP contribution in [0.25, 0.3) is 0 Å². The SMILES string of the molecule is COc1ccc(C)cc1NC1=NC2(CCCC2)CS1. The first-order valence-electron chi connectivity index (χ1n) is 6.85. The van der Waals surface area contributed by atoms with Crippen molar-refractivity contribution in [1.82, 2.24) is 0 Å². The van der Waals surface area contributed by atoms with Crippen LogP contribution in [0.3, 0.4) is 0 Å². The van der Waals surface area contributed by atoms with Crippen molar-refractivity contribution < 1.29 is 4.74 Å². The van der Waals surface area contributed by atoms with Crippen LogP contribution in [0.4, 0.5) is 5.69 Å². The second kappa shape index (κ2) is 5.08. The zero-order valence-corrected chi connectivity index (χ0v) is 12.3. The van der Waals surface area contributed by atoms with Crippen molar-refractivity contribution in [3.8, 4) is 5.75 Å². The van der Waals surface area contributed by atoms with Gasteiger partial charge in [0.1, 0.15) is 5.75 Å². The van der Waals surface area contributed by atoms with Gasteiger partial charge in [-0.3, -0.25) is 4.99 Å². The Morgan fingerprint density at radius 3 is 2.84 bits per heavy atom. The van der Waals surface area contributed by atoms with Crippen LogP contribution in [0.15, 0.2) is 23.2 Å². The predicted octanol–water partition coefficient (Wildman–Crippen LogP) is 3.83. The van der Waals surface area contributed by atoms with Crippen LogP contribution in [0.1, 0.15) is 31.2 Å². The lowest BCUT2D eigenvalue weighted by Crippen LogP contribution is -2.21. The van der Waals surface area contributed by atoms with E-state index in [0.29, 0.717) is 0 Å². The van der Waals surface area contributed by atoms with E-state index in [1.807, 2.05) is 17.8 Å². The molecule has 0 unspecified atom stereocenters. The number of rotatable bonds is 2. The highest BCUT2D eigenvalue weighted by atomic mass is 32.2. The molecule has 102 valence electrons. The number of hydrogen-bond acceptors (Lipinski definition) is 4. The lowest BCUT2D eigenvalue weighted by atomic mass is 10.0. The highest BCUT2D eigenvalue weighted by molar-refractivity contribution is 8.14. The number of amidine groups is 1. The molecular weight excluding hydrogens is 256 g/mol. The third-order valence-electron chi connectivity index (χ3n) is 3.95. The van der Waals surface area contributed by atoms with Gasteiger partial charge < -0.3 is 10.1 Å². The minimum Gasteiger partial charge on any atom is -0.495 e. The van der Waals surface area contributed by atoms with Crippen molar-refractivity contribution in [2.24, 2.45) is 4.99 Å². The molecule has 3 nitrogen and oxygen atoms in total. The summed E-state index contributed by atoms with van der Waals surface area (Å²) in [7, 11) is 1.71. The summed E-state index contributed by atoms with van der Waals surface area (Å²) in [5.41, 5.74) is 2.47. The van der Waals surface area contributed by atoms with Crippen LogP contribution in [0.5, 0.6) is 5.75 Å². The van der Waals surface area contributed by atoms with Crippen molar-refractivity contribution >= 4 is 22.6 Å². The standard InChI is InChI=1S/C15H20N2OS/c1-11-5-6-13(18-2)12(9-11)16-14-17-15(10-19-14)7-3-4-8-15/h5-6,9H,3-4,7-8,10H2,1-2H3,(H,16,17). The van der Waals surface area contributed by atoms with Crippen LogP contribution < -0.4 is 10.1 Å². The highest BCUT2D eigenvalue weighted by Crippen LogP contribution is 2.41. The second-order valence-corrected chi connectivity index (χ2v) is 6.43. The molecule has 1 heterocycles. The summed E-state index contributed by atoms with van der Waals surface area (Å²) >= 11 is 1.84. The number of anilines is 1. The lowest BCUT2D eigenvalue weighted by Gasteiger charge is -2.16. The monoisotopic (exact) mass is 276 g/mol. The summed E-state index contributed by atoms with van der Waals surface area (Å²) in [6.45, 7) is 2.09. The molecule has 0 aromatic heterocycles. The fourth-order valence-corrected chi connectivity index (χ4v) is 4.07. The molecule has 0 amide bonds. The maximum Gasteiger partial charge on any atom is 0.161 e. The van der Waals surface area contributed by atoms with E-state index in [0.717, 1.165) is 22.4 Å². The molecule has 1 aliphatic carbocycles. The van der Waals surface area contributed by atoms with Gasteiger partial charge in [0.25, 0.3) is 0 Å². The summed E-state index contributed by atoms with van der Waals surface area (Å²) in [5.74, 6) is 2.00. The quantitative estimate of drug-likeness (QED) is 0.891. The predicted molar refractivity (Wildman–Crippen MR) is 82.4 cm³/mol. The lowest BCUT2D eigenvalue weighted by molar-refractivity contribution is 0.417. The van der Waals surface area contributed by atoms with Crippen molar-refractivity contribution in [2.75, 3.05) is 18.2 Å². The number of ether oxygens (including phenoxy) is 1. The van der Waals surface area contributed by atoms with Gasteiger partial charge in [0, 0.05) is 5.75 Å². The molecule has 2 aliphatic rings. The topological polar surface area (TPSA) is 33.6 Å². The van der Waals surface area contributed by atoms with E-state index in [1.54, 1.807) is 7.11 Å². The van der Waals surface area contributed by atoms with Gasteiger partial charge in [-0.25, -0.2) is 0 Å². The zero-order chi connectivity index (χ0) is 13.3. The maximum absolute atomic E-state index is 5.40. The third-order valence-corrected chi connectivity index (χ3v) is 5.10. The molecule has 1 aliphatic heterocycles. The Morgan fingerprint density at radius 1 is 1.32 bits per heavy atom. The van der Waals surface area contributed by atoms with Gasteiger partial charge in [0.05, 0.1) is 18.3 Å². The smallest absolute Gasteiger partial charge is 0.161 e. The molecular formula is C15H20N2OS. The van der Waals surface area contributed by atoms with Gasteiger partial charge >= 0.3 is 0 Å². The number of hydrogen-bond donors (Lipinski definition) is 1. The molecule has 19 heavy (non-hydrogen) atoms. The van der Waals surface area contributed by atoms with E-state index in [4.69, 9.17) is 9.73 Å². The number of aliphatic imine (C=N–C) groups is 1. The number of methoxy groups -OCH3 is 1. The molecule has 1 aromatic rings. The first-order valence-corrected chi connectivity index (χ1v) is 7.84. The fourth-order valence-electron chi connectivity index (χ4n) is 2.87. The summed E-state index contributed by atoms with van der Waals surface area (Å²) in [6.07, 6.45) is 5.14. The molecule has 1 spiro atoms. The van der Waals surface area contributed by atoms with Gasteiger partial charge in [0.2, 0.25) is 0 Å². The molecule has 3 rings (SSSR count). The Labute approximate surface area is 118 Å². The zero-order valence-electron chi connectivity index (χ0n) is 11.5. The third kappa shape index (κ3) is 2.59. The average molecular weight is 276 g/mol. The van der Waals surface area contributed by atoms with E-state index in [1.165, 1.54) is 31.2 Å². The average Bonchev–Trinajstić information content (AvgIpc) is 3.01. The van der Waals surface area contributed by atoms with E-state index >= 15 is 0 Å². The Bertz CT molecular complexity index is 507. The van der Waals surface area contributed by atoms with E-state index in [2.05, 4.69) is 24.4 Å². The molecule has 4 heteroatoms. The summed E-state index contributed by atoms with van der Waals surface area (Å²) in [4.78, 5) is 4.93. The minimum atomic E-state index is 0.226. The minimum absolute atomic E-state index is 0.226. The number of benzene rings is 1. The molecule has 1 fully saturated rings. The van der Waals surface area contributed by atoms with E-state index < -0.39 is 0 Å². The van der Waals surface area contributed by atoms with Gasteiger partial charge in [-0.1, -0.05) is 30.7 Å². The number of aryl methyl sites for hydroxylation is 1. The van der Waals surface area contributed by atoms with Crippen LogP contribution in [0.2, 0.25) is 0 Å². The van der Waals surface area contributed by atoms with Crippen molar-refractivity contribution in [3.63, 3.8) is 0 Å². The molecule has 0 saturated heterocycles. The maximum atomic E-state index is 5.40. The fraction of sp³-hybridized carbons (Fsp3) is 0.533. The van der Waals surface area contributed by atoms with Gasteiger partial charge in [-0.15, -0.1) is 0 Å².